The summed E-state index contributed by atoms with van der Waals surface area (Å²) >= 11 is 0. The maximum absolute atomic E-state index is 13.8. The molecule has 0 N–H and O–H groups in total. The average Bonchev–Trinajstić information content (AvgIpc) is 3.61. The number of methoxy groups -OCH3 is 1. The van der Waals surface area contributed by atoms with Crippen molar-refractivity contribution in [3.8, 4) is 28.9 Å². The summed E-state index contributed by atoms with van der Waals surface area (Å²) in [5.74, 6) is 0.405. The van der Waals surface area contributed by atoms with Crippen LogP contribution in [0, 0.1) is 11.3 Å². The highest BCUT2D eigenvalue weighted by molar-refractivity contribution is 5.98. The van der Waals surface area contributed by atoms with Crippen LogP contribution in [0.15, 0.2) is 61.2 Å². The minimum absolute atomic E-state index is 0.0357. The van der Waals surface area contributed by atoms with Gasteiger partial charge in [0.05, 0.1) is 66.9 Å². The Balaban J connectivity index is 1.41. The summed E-state index contributed by atoms with van der Waals surface area (Å²) in [6.45, 7) is 1.20. The zero-order valence-electron chi connectivity index (χ0n) is 19.3. The molecule has 0 radical (unpaired) electrons. The van der Waals surface area contributed by atoms with Gasteiger partial charge in [0.2, 0.25) is 5.88 Å². The minimum atomic E-state index is -0.138. The number of carbonyl (C=O) groups is 1. The predicted octanol–water partition coefficient (Wildman–Crippen LogP) is 3.10. The number of hydrogen-bond acceptors (Lipinski definition) is 7. The van der Waals surface area contributed by atoms with Crippen LogP contribution in [0.5, 0.6) is 5.88 Å². The molecule has 4 aromatic rings. The number of amides is 1. The number of nitriles is 1. The van der Waals surface area contributed by atoms with Gasteiger partial charge in [0, 0.05) is 24.4 Å². The molecular weight excluding hydrogens is 444 g/mol. The van der Waals surface area contributed by atoms with Gasteiger partial charge in [0.25, 0.3) is 5.91 Å². The van der Waals surface area contributed by atoms with Crippen LogP contribution >= 0.6 is 0 Å². The summed E-state index contributed by atoms with van der Waals surface area (Å²) in [6.07, 6.45) is 9.65. The van der Waals surface area contributed by atoms with Crippen LogP contribution in [-0.2, 0) is 6.54 Å². The van der Waals surface area contributed by atoms with Crippen molar-refractivity contribution in [3.05, 3.63) is 72.3 Å². The standard InChI is InChI=1S/C25H24N8O2/c1-35-24-7-4-6-22(30-24)19-15-29-31(16-19)17-20-5-2-3-12-32(20)25(34)21-13-18(14-26)8-9-23(21)33-27-10-11-28-33/h4,6-11,13,15-16,20H,2-3,5,12,17H2,1H3/t20-/m0/s1. The van der Waals surface area contributed by atoms with Gasteiger partial charge < -0.3 is 9.64 Å². The van der Waals surface area contributed by atoms with E-state index < -0.39 is 0 Å². The van der Waals surface area contributed by atoms with Gasteiger partial charge in [-0.05, 0) is 43.5 Å². The third-order valence-electron chi connectivity index (χ3n) is 6.14. The summed E-state index contributed by atoms with van der Waals surface area (Å²) in [5.41, 5.74) is 3.03. The second-order valence-electron chi connectivity index (χ2n) is 8.33. The first-order chi connectivity index (χ1) is 17.2. The van der Waals surface area contributed by atoms with Gasteiger partial charge in [-0.15, -0.1) is 0 Å². The monoisotopic (exact) mass is 468 g/mol. The average molecular weight is 469 g/mol. The van der Waals surface area contributed by atoms with E-state index >= 15 is 0 Å². The fourth-order valence-electron chi connectivity index (χ4n) is 4.40. The number of likely N-dealkylation sites (tertiary alicyclic amines) is 1. The smallest absolute Gasteiger partial charge is 0.256 e. The van der Waals surface area contributed by atoms with Gasteiger partial charge >= 0.3 is 0 Å². The number of benzene rings is 1. The number of carbonyl (C=O) groups excluding carboxylic acids is 1. The Bertz CT molecular complexity index is 1370. The van der Waals surface area contributed by atoms with Gasteiger partial charge in [-0.2, -0.15) is 25.4 Å². The number of hydrogen-bond donors (Lipinski definition) is 0. The Kier molecular flexibility index (Phi) is 6.22. The molecule has 0 spiro atoms. The zero-order chi connectivity index (χ0) is 24.2. The summed E-state index contributed by atoms with van der Waals surface area (Å²) in [5, 5.41) is 22.3. The number of pyridine rings is 1. The molecule has 35 heavy (non-hydrogen) atoms. The zero-order valence-corrected chi connectivity index (χ0v) is 19.3. The molecule has 10 heteroatoms. The minimum Gasteiger partial charge on any atom is -0.481 e. The van der Waals surface area contributed by atoms with Crippen molar-refractivity contribution in [3.63, 3.8) is 0 Å². The molecule has 1 aliphatic rings. The van der Waals surface area contributed by atoms with E-state index in [0.717, 1.165) is 30.5 Å². The lowest BCUT2D eigenvalue weighted by atomic mass is 9.99. The predicted molar refractivity (Wildman–Crippen MR) is 127 cm³/mol. The number of nitrogens with zero attached hydrogens (tertiary/aromatic N) is 8. The van der Waals surface area contributed by atoms with Crippen LogP contribution < -0.4 is 4.74 Å². The van der Waals surface area contributed by atoms with Crippen molar-refractivity contribution >= 4 is 5.91 Å². The molecular formula is C25H24N8O2. The molecule has 1 aromatic carbocycles. The fraction of sp³-hybridized carbons (Fsp3) is 0.280. The van der Waals surface area contributed by atoms with Crippen molar-refractivity contribution in [1.29, 1.82) is 5.26 Å². The molecule has 0 unspecified atom stereocenters. The molecule has 0 aliphatic carbocycles. The lowest BCUT2D eigenvalue weighted by Gasteiger charge is -2.36. The van der Waals surface area contributed by atoms with E-state index in [-0.39, 0.29) is 11.9 Å². The topological polar surface area (TPSA) is 115 Å². The summed E-state index contributed by atoms with van der Waals surface area (Å²) in [6, 6.07) is 12.7. The molecule has 176 valence electrons. The van der Waals surface area contributed by atoms with Crippen molar-refractivity contribution in [2.75, 3.05) is 13.7 Å². The Hall–Kier alpha value is -4.52. The van der Waals surface area contributed by atoms with E-state index in [2.05, 4.69) is 26.3 Å². The van der Waals surface area contributed by atoms with Crippen LogP contribution in [0.4, 0.5) is 0 Å². The van der Waals surface area contributed by atoms with Gasteiger partial charge in [-0.3, -0.25) is 9.48 Å². The first-order valence-corrected chi connectivity index (χ1v) is 11.4. The molecule has 0 saturated carbocycles. The lowest BCUT2D eigenvalue weighted by molar-refractivity contribution is 0.0583. The van der Waals surface area contributed by atoms with Crippen LogP contribution in [-0.4, -0.2) is 60.3 Å². The molecule has 1 fully saturated rings. The second-order valence-corrected chi connectivity index (χ2v) is 8.33. The van der Waals surface area contributed by atoms with Gasteiger partial charge in [-0.1, -0.05) is 6.07 Å². The summed E-state index contributed by atoms with van der Waals surface area (Å²) < 4.78 is 7.08. The molecule has 3 aromatic heterocycles. The Morgan fingerprint density at radius 1 is 1.17 bits per heavy atom. The maximum atomic E-state index is 13.8. The van der Waals surface area contributed by atoms with Crippen molar-refractivity contribution in [1.82, 2.24) is 34.7 Å². The molecule has 1 atom stereocenters. The van der Waals surface area contributed by atoms with E-state index in [0.29, 0.717) is 35.8 Å². The fourth-order valence-corrected chi connectivity index (χ4v) is 4.40. The molecule has 1 saturated heterocycles. The normalized spacial score (nSPS) is 15.5. The first kappa shape index (κ1) is 22.3. The van der Waals surface area contributed by atoms with Crippen LogP contribution in [0.2, 0.25) is 0 Å². The summed E-state index contributed by atoms with van der Waals surface area (Å²) in [7, 11) is 1.59. The lowest BCUT2D eigenvalue weighted by Crippen LogP contribution is -2.46. The highest BCUT2D eigenvalue weighted by atomic mass is 16.5. The Morgan fingerprint density at radius 3 is 2.83 bits per heavy atom. The SMILES string of the molecule is COc1cccc(-c2cnn(C[C@@H]3CCCCN3C(=O)c3cc(C#N)ccc3-n3nccn3)c2)n1. The molecule has 10 nitrogen and oxygen atoms in total. The van der Waals surface area contributed by atoms with Crippen LogP contribution in [0.25, 0.3) is 16.9 Å². The van der Waals surface area contributed by atoms with Gasteiger partial charge in [-0.25, -0.2) is 4.98 Å². The Labute approximate surface area is 202 Å². The molecule has 1 amide bonds. The number of ether oxygens (including phenoxy) is 1. The Morgan fingerprint density at radius 2 is 2.03 bits per heavy atom. The number of rotatable bonds is 6. The maximum Gasteiger partial charge on any atom is 0.256 e. The largest absolute Gasteiger partial charge is 0.481 e. The highest BCUT2D eigenvalue weighted by Crippen LogP contribution is 2.25. The third-order valence-corrected chi connectivity index (χ3v) is 6.14. The second kappa shape index (κ2) is 9.77. The molecule has 1 aliphatic heterocycles. The van der Waals surface area contributed by atoms with E-state index in [1.807, 2.05) is 27.9 Å². The van der Waals surface area contributed by atoms with Crippen molar-refractivity contribution in [2.45, 2.75) is 31.8 Å². The third kappa shape index (κ3) is 4.61. The van der Waals surface area contributed by atoms with Crippen LogP contribution in [0.3, 0.4) is 0 Å². The van der Waals surface area contributed by atoms with E-state index in [4.69, 9.17) is 4.74 Å². The van der Waals surface area contributed by atoms with Crippen molar-refractivity contribution in [2.24, 2.45) is 0 Å². The molecule has 0 bridgehead atoms. The van der Waals surface area contributed by atoms with E-state index in [1.165, 1.54) is 4.80 Å². The van der Waals surface area contributed by atoms with Gasteiger partial charge in [0.15, 0.2) is 0 Å². The van der Waals surface area contributed by atoms with Crippen LogP contribution in [0.1, 0.15) is 35.2 Å². The highest BCUT2D eigenvalue weighted by Gasteiger charge is 2.30. The van der Waals surface area contributed by atoms with E-state index in [9.17, 15) is 10.1 Å². The van der Waals surface area contributed by atoms with Crippen molar-refractivity contribution < 1.29 is 9.53 Å². The number of aromatic nitrogens is 6. The quantitative estimate of drug-likeness (QED) is 0.427. The number of piperidine rings is 1. The molecule has 4 heterocycles. The first-order valence-electron chi connectivity index (χ1n) is 11.4. The van der Waals surface area contributed by atoms with E-state index in [1.54, 1.807) is 50.0 Å². The summed E-state index contributed by atoms with van der Waals surface area (Å²) in [4.78, 5) is 21.5. The van der Waals surface area contributed by atoms with Gasteiger partial charge in [0.1, 0.15) is 0 Å². The molecule has 5 rings (SSSR count).